The molecule has 1 aromatic heterocycles. The van der Waals surface area contributed by atoms with E-state index in [9.17, 15) is 9.59 Å². The first kappa shape index (κ1) is 19.1. The Morgan fingerprint density at radius 3 is 2.14 bits per heavy atom. The fourth-order valence-electron chi connectivity index (χ4n) is 4.25. The summed E-state index contributed by atoms with van der Waals surface area (Å²) in [6.45, 7) is 8.05. The van der Waals surface area contributed by atoms with Gasteiger partial charge in [0, 0.05) is 64.1 Å². The first-order valence-electron chi connectivity index (χ1n) is 10.3. The van der Waals surface area contributed by atoms with Crippen molar-refractivity contribution in [3.05, 3.63) is 11.9 Å². The summed E-state index contributed by atoms with van der Waals surface area (Å²) in [5, 5.41) is 0. The second-order valence-electron chi connectivity index (χ2n) is 7.86. The molecule has 1 aromatic rings. The molecular formula is C20H29N5O3. The first-order valence-corrected chi connectivity index (χ1v) is 10.3. The Labute approximate surface area is 165 Å². The third-order valence-corrected chi connectivity index (χ3v) is 5.95. The largest absolute Gasteiger partial charge is 0.378 e. The minimum atomic E-state index is 0.0264. The number of aryl methyl sites for hydroxylation is 1. The molecule has 4 rings (SSSR count). The highest BCUT2D eigenvalue weighted by Gasteiger charge is 2.30. The van der Waals surface area contributed by atoms with Gasteiger partial charge in [-0.3, -0.25) is 9.59 Å². The third-order valence-electron chi connectivity index (χ3n) is 5.95. The zero-order chi connectivity index (χ0) is 19.5. The highest BCUT2D eigenvalue weighted by atomic mass is 16.5. The Hall–Kier alpha value is -2.22. The number of Topliss-reactive ketones (excluding diaryl/α,β-unsaturated/α-hetero) is 1. The lowest BCUT2D eigenvalue weighted by atomic mass is 9.87. The summed E-state index contributed by atoms with van der Waals surface area (Å²) in [5.74, 6) is 3.20. The molecule has 152 valence electrons. The summed E-state index contributed by atoms with van der Waals surface area (Å²) in [7, 11) is 0. The summed E-state index contributed by atoms with van der Waals surface area (Å²) in [4.78, 5) is 39.9. The molecule has 0 spiro atoms. The van der Waals surface area contributed by atoms with Gasteiger partial charge in [0.1, 0.15) is 23.2 Å². The maximum atomic E-state index is 12.8. The lowest BCUT2D eigenvalue weighted by Gasteiger charge is -2.38. The number of hydrogen-bond acceptors (Lipinski definition) is 7. The summed E-state index contributed by atoms with van der Waals surface area (Å²) in [6.07, 6.45) is 2.54. The van der Waals surface area contributed by atoms with E-state index >= 15 is 0 Å². The second-order valence-corrected chi connectivity index (χ2v) is 7.86. The molecule has 1 amide bonds. The number of nitrogens with zero attached hydrogens (tertiary/aromatic N) is 5. The van der Waals surface area contributed by atoms with Crippen LogP contribution in [-0.2, 0) is 14.3 Å². The van der Waals surface area contributed by atoms with Gasteiger partial charge in [-0.05, 0) is 19.8 Å². The van der Waals surface area contributed by atoms with Crippen LogP contribution in [0, 0.1) is 12.8 Å². The molecule has 8 heteroatoms. The summed E-state index contributed by atoms with van der Waals surface area (Å²) >= 11 is 0. The number of morpholine rings is 1. The molecule has 0 atom stereocenters. The first-order chi connectivity index (χ1) is 13.6. The molecular weight excluding hydrogens is 358 g/mol. The SMILES string of the molecule is Cc1nc(N2CCOCC2)cc(N2CCN(C(=O)C3CCC(=O)CC3)CC2)n1. The summed E-state index contributed by atoms with van der Waals surface area (Å²) in [6, 6.07) is 2.06. The number of rotatable bonds is 3. The van der Waals surface area contributed by atoms with Gasteiger partial charge < -0.3 is 19.4 Å². The molecule has 1 aliphatic carbocycles. The second kappa shape index (κ2) is 8.43. The fourth-order valence-corrected chi connectivity index (χ4v) is 4.25. The zero-order valence-corrected chi connectivity index (χ0v) is 16.6. The number of ketones is 1. The van der Waals surface area contributed by atoms with Gasteiger partial charge >= 0.3 is 0 Å². The van der Waals surface area contributed by atoms with Gasteiger partial charge in [-0.25, -0.2) is 9.97 Å². The van der Waals surface area contributed by atoms with Crippen LogP contribution >= 0.6 is 0 Å². The predicted molar refractivity (Wildman–Crippen MR) is 106 cm³/mol. The number of carbonyl (C=O) groups excluding carboxylic acids is 2. The molecule has 0 N–H and O–H groups in total. The highest BCUT2D eigenvalue weighted by molar-refractivity contribution is 5.84. The van der Waals surface area contributed by atoms with Crippen molar-refractivity contribution in [1.29, 1.82) is 0 Å². The molecule has 0 unspecified atom stereocenters. The number of amides is 1. The molecule has 8 nitrogen and oxygen atoms in total. The van der Waals surface area contributed by atoms with Crippen molar-refractivity contribution < 1.29 is 14.3 Å². The van der Waals surface area contributed by atoms with E-state index in [4.69, 9.17) is 4.74 Å². The molecule has 28 heavy (non-hydrogen) atoms. The van der Waals surface area contributed by atoms with Gasteiger partial charge in [-0.15, -0.1) is 0 Å². The van der Waals surface area contributed by atoms with Crippen molar-refractivity contribution in [3.63, 3.8) is 0 Å². The van der Waals surface area contributed by atoms with Crippen LogP contribution in [0.5, 0.6) is 0 Å². The Morgan fingerprint density at radius 2 is 1.54 bits per heavy atom. The highest BCUT2D eigenvalue weighted by Crippen LogP contribution is 2.25. The van der Waals surface area contributed by atoms with Crippen molar-refractivity contribution >= 4 is 23.3 Å². The Morgan fingerprint density at radius 1 is 0.964 bits per heavy atom. The lowest BCUT2D eigenvalue weighted by Crippen LogP contribution is -2.51. The third kappa shape index (κ3) is 4.27. The minimum Gasteiger partial charge on any atom is -0.378 e. The molecule has 3 fully saturated rings. The topological polar surface area (TPSA) is 78.9 Å². The van der Waals surface area contributed by atoms with E-state index in [2.05, 4.69) is 25.8 Å². The minimum absolute atomic E-state index is 0.0264. The van der Waals surface area contributed by atoms with Crippen LogP contribution in [0.1, 0.15) is 31.5 Å². The maximum absolute atomic E-state index is 12.8. The number of piperazine rings is 1. The van der Waals surface area contributed by atoms with Crippen LogP contribution in [0.2, 0.25) is 0 Å². The van der Waals surface area contributed by atoms with Crippen molar-refractivity contribution in [1.82, 2.24) is 14.9 Å². The van der Waals surface area contributed by atoms with Crippen LogP contribution in [-0.4, -0.2) is 79.0 Å². The molecule has 0 bridgehead atoms. The number of ether oxygens (including phenoxy) is 1. The van der Waals surface area contributed by atoms with E-state index in [1.165, 1.54) is 0 Å². The summed E-state index contributed by atoms with van der Waals surface area (Å²) in [5.41, 5.74) is 0. The van der Waals surface area contributed by atoms with Crippen LogP contribution < -0.4 is 9.80 Å². The zero-order valence-electron chi connectivity index (χ0n) is 16.6. The predicted octanol–water partition coefficient (Wildman–Crippen LogP) is 1.03. The van der Waals surface area contributed by atoms with E-state index in [0.29, 0.717) is 44.6 Å². The Balaban J connectivity index is 1.37. The van der Waals surface area contributed by atoms with Gasteiger partial charge in [-0.1, -0.05) is 0 Å². The molecule has 1 saturated carbocycles. The van der Waals surface area contributed by atoms with Gasteiger partial charge in [0.2, 0.25) is 5.91 Å². The lowest BCUT2D eigenvalue weighted by molar-refractivity contribution is -0.137. The standard InChI is InChI=1S/C20H29N5O3/c1-15-21-18(14-19(22-15)24-10-12-28-13-11-24)23-6-8-25(9-7-23)20(27)16-2-4-17(26)5-3-16/h14,16H,2-13H2,1H3. The Bertz CT molecular complexity index is 717. The van der Waals surface area contributed by atoms with Crippen molar-refractivity contribution in [2.24, 2.45) is 5.92 Å². The number of hydrogen-bond donors (Lipinski definition) is 0. The number of carbonyl (C=O) groups is 2. The average Bonchev–Trinajstić information content (AvgIpc) is 2.74. The van der Waals surface area contributed by atoms with Crippen LogP contribution in [0.3, 0.4) is 0 Å². The Kier molecular flexibility index (Phi) is 5.75. The van der Waals surface area contributed by atoms with Gasteiger partial charge in [0.05, 0.1) is 13.2 Å². The van der Waals surface area contributed by atoms with Crippen LogP contribution in [0.4, 0.5) is 11.6 Å². The summed E-state index contributed by atoms with van der Waals surface area (Å²) < 4.78 is 5.44. The van der Waals surface area contributed by atoms with E-state index in [0.717, 1.165) is 56.9 Å². The molecule has 2 saturated heterocycles. The van der Waals surface area contributed by atoms with E-state index in [1.54, 1.807) is 0 Å². The van der Waals surface area contributed by atoms with Crippen LogP contribution in [0.25, 0.3) is 0 Å². The van der Waals surface area contributed by atoms with Crippen LogP contribution in [0.15, 0.2) is 6.07 Å². The molecule has 0 aromatic carbocycles. The van der Waals surface area contributed by atoms with Crippen molar-refractivity contribution in [3.8, 4) is 0 Å². The molecule has 3 heterocycles. The van der Waals surface area contributed by atoms with E-state index < -0.39 is 0 Å². The molecule has 3 aliphatic rings. The average molecular weight is 387 g/mol. The molecule has 0 radical (unpaired) electrons. The molecule has 2 aliphatic heterocycles. The van der Waals surface area contributed by atoms with Gasteiger partial charge in [-0.2, -0.15) is 0 Å². The van der Waals surface area contributed by atoms with Crippen molar-refractivity contribution in [2.75, 3.05) is 62.3 Å². The monoisotopic (exact) mass is 387 g/mol. The number of aromatic nitrogens is 2. The quantitative estimate of drug-likeness (QED) is 0.766. The smallest absolute Gasteiger partial charge is 0.225 e. The van der Waals surface area contributed by atoms with Gasteiger partial charge in [0.15, 0.2) is 0 Å². The van der Waals surface area contributed by atoms with E-state index in [-0.39, 0.29) is 11.8 Å². The normalized spacial score (nSPS) is 21.9. The number of anilines is 2. The fraction of sp³-hybridized carbons (Fsp3) is 0.700. The van der Waals surface area contributed by atoms with E-state index in [1.807, 2.05) is 11.8 Å². The van der Waals surface area contributed by atoms with Gasteiger partial charge in [0.25, 0.3) is 0 Å². The van der Waals surface area contributed by atoms with Crippen molar-refractivity contribution in [2.45, 2.75) is 32.6 Å². The maximum Gasteiger partial charge on any atom is 0.225 e.